The Hall–Kier alpha value is -1.31. The first-order valence-electron chi connectivity index (χ1n) is 6.06. The topological polar surface area (TPSA) is 26.3 Å². The zero-order chi connectivity index (χ0) is 12.8. The zero-order valence-corrected chi connectivity index (χ0v) is 11.3. The van der Waals surface area contributed by atoms with Gasteiger partial charge >= 0.3 is 0 Å². The molecule has 2 heteroatoms. The van der Waals surface area contributed by atoms with Crippen molar-refractivity contribution in [1.82, 2.24) is 0 Å². The van der Waals surface area contributed by atoms with Crippen LogP contribution in [-0.2, 0) is 5.41 Å². The minimum Gasteiger partial charge on any atom is -0.488 e. The van der Waals surface area contributed by atoms with E-state index >= 15 is 0 Å². The van der Waals surface area contributed by atoms with Gasteiger partial charge in [-0.25, -0.2) is 0 Å². The second kappa shape index (κ2) is 3.59. The van der Waals surface area contributed by atoms with Gasteiger partial charge in [-0.05, 0) is 50.8 Å². The predicted molar refractivity (Wildman–Crippen MR) is 68.8 cm³/mol. The molecule has 0 atom stereocenters. The van der Waals surface area contributed by atoms with E-state index in [1.165, 1.54) is 0 Å². The maximum Gasteiger partial charge on any atom is 0.159 e. The predicted octanol–water partition coefficient (Wildman–Crippen LogP) is 3.73. The van der Waals surface area contributed by atoms with Gasteiger partial charge in [-0.15, -0.1) is 0 Å². The van der Waals surface area contributed by atoms with Crippen molar-refractivity contribution < 1.29 is 9.53 Å². The Morgan fingerprint density at radius 1 is 1.24 bits per heavy atom. The Morgan fingerprint density at radius 3 is 2.47 bits per heavy atom. The standard InChI is InChI=1S/C15H20O2/c1-10(16)11-6-7-13-12(8-11)14(2,3)9-15(4,5)17-13/h6-8H,9H2,1-5H3. The summed E-state index contributed by atoms with van der Waals surface area (Å²) in [4.78, 5) is 11.4. The molecular weight excluding hydrogens is 212 g/mol. The average molecular weight is 232 g/mol. The van der Waals surface area contributed by atoms with Gasteiger partial charge in [0, 0.05) is 11.1 Å². The van der Waals surface area contributed by atoms with Crippen molar-refractivity contribution in [3.63, 3.8) is 0 Å². The number of carbonyl (C=O) groups is 1. The van der Waals surface area contributed by atoms with Crippen molar-refractivity contribution >= 4 is 5.78 Å². The normalized spacial score (nSPS) is 20.3. The van der Waals surface area contributed by atoms with Gasteiger partial charge in [-0.3, -0.25) is 4.79 Å². The Balaban J connectivity index is 2.55. The fraction of sp³-hybridized carbons (Fsp3) is 0.533. The molecule has 2 rings (SSSR count). The van der Waals surface area contributed by atoms with Crippen molar-refractivity contribution in [1.29, 1.82) is 0 Å². The van der Waals surface area contributed by atoms with Gasteiger partial charge in [-0.1, -0.05) is 13.8 Å². The number of hydrogen-bond donors (Lipinski definition) is 0. The third-order valence-electron chi connectivity index (χ3n) is 3.37. The molecule has 1 heterocycles. The second-order valence-electron chi connectivity index (χ2n) is 6.19. The molecule has 0 amide bonds. The van der Waals surface area contributed by atoms with E-state index in [9.17, 15) is 4.79 Å². The van der Waals surface area contributed by atoms with E-state index in [0.717, 1.165) is 23.3 Å². The lowest BCUT2D eigenvalue weighted by atomic mass is 9.73. The van der Waals surface area contributed by atoms with Gasteiger partial charge in [0.15, 0.2) is 5.78 Å². The van der Waals surface area contributed by atoms with Crippen LogP contribution in [0.5, 0.6) is 5.75 Å². The smallest absolute Gasteiger partial charge is 0.159 e. The molecule has 1 aromatic rings. The molecule has 1 aliphatic heterocycles. The molecule has 17 heavy (non-hydrogen) atoms. The molecule has 0 N–H and O–H groups in total. The average Bonchev–Trinajstić information content (AvgIpc) is 2.13. The van der Waals surface area contributed by atoms with Gasteiger partial charge in [0.05, 0.1) is 0 Å². The summed E-state index contributed by atoms with van der Waals surface area (Å²) in [5.41, 5.74) is 1.81. The van der Waals surface area contributed by atoms with Crippen molar-refractivity contribution in [3.8, 4) is 5.75 Å². The summed E-state index contributed by atoms with van der Waals surface area (Å²) in [7, 11) is 0. The molecule has 92 valence electrons. The lowest BCUT2D eigenvalue weighted by Gasteiger charge is -2.42. The molecular formula is C15H20O2. The van der Waals surface area contributed by atoms with Gasteiger partial charge in [0.25, 0.3) is 0 Å². The highest BCUT2D eigenvalue weighted by Crippen LogP contribution is 2.44. The molecule has 0 radical (unpaired) electrons. The van der Waals surface area contributed by atoms with Gasteiger partial charge in [0.1, 0.15) is 11.4 Å². The number of ketones is 1. The van der Waals surface area contributed by atoms with Crippen LogP contribution in [0.1, 0.15) is 57.0 Å². The fourth-order valence-corrected chi connectivity index (χ4v) is 2.86. The van der Waals surface area contributed by atoms with Crippen LogP contribution in [0, 0.1) is 0 Å². The van der Waals surface area contributed by atoms with E-state index in [1.807, 2.05) is 18.2 Å². The van der Waals surface area contributed by atoms with Crippen molar-refractivity contribution in [2.45, 2.75) is 52.1 Å². The van der Waals surface area contributed by atoms with Crippen molar-refractivity contribution in [2.24, 2.45) is 0 Å². The highest BCUT2D eigenvalue weighted by molar-refractivity contribution is 5.94. The number of benzene rings is 1. The molecule has 2 nitrogen and oxygen atoms in total. The fourth-order valence-electron chi connectivity index (χ4n) is 2.86. The molecule has 0 saturated heterocycles. The summed E-state index contributed by atoms with van der Waals surface area (Å²) in [6, 6.07) is 5.75. The van der Waals surface area contributed by atoms with Crippen LogP contribution in [0.3, 0.4) is 0 Å². The summed E-state index contributed by atoms with van der Waals surface area (Å²) in [5, 5.41) is 0. The summed E-state index contributed by atoms with van der Waals surface area (Å²) >= 11 is 0. The van der Waals surface area contributed by atoms with Gasteiger partial charge in [-0.2, -0.15) is 0 Å². The van der Waals surface area contributed by atoms with Crippen molar-refractivity contribution in [2.75, 3.05) is 0 Å². The lowest BCUT2D eigenvalue weighted by Crippen LogP contribution is -2.41. The number of Topliss-reactive ketones (excluding diaryl/α,β-unsaturated/α-hetero) is 1. The zero-order valence-electron chi connectivity index (χ0n) is 11.3. The van der Waals surface area contributed by atoms with E-state index in [-0.39, 0.29) is 16.8 Å². The first-order chi connectivity index (χ1) is 7.71. The van der Waals surface area contributed by atoms with Crippen LogP contribution in [0.2, 0.25) is 0 Å². The molecule has 0 aromatic heterocycles. The molecule has 1 aromatic carbocycles. The maximum absolute atomic E-state index is 11.4. The lowest BCUT2D eigenvalue weighted by molar-refractivity contribution is 0.0534. The van der Waals surface area contributed by atoms with Crippen LogP contribution >= 0.6 is 0 Å². The first kappa shape index (κ1) is 12.2. The molecule has 0 aliphatic carbocycles. The van der Waals surface area contributed by atoms with Crippen LogP contribution < -0.4 is 4.74 Å². The monoisotopic (exact) mass is 232 g/mol. The first-order valence-corrected chi connectivity index (χ1v) is 6.06. The maximum atomic E-state index is 11.4. The Labute approximate surface area is 103 Å². The molecule has 0 bridgehead atoms. The number of hydrogen-bond acceptors (Lipinski definition) is 2. The van der Waals surface area contributed by atoms with E-state index in [1.54, 1.807) is 6.92 Å². The third-order valence-corrected chi connectivity index (χ3v) is 3.37. The molecule has 0 fully saturated rings. The number of rotatable bonds is 1. The molecule has 0 saturated carbocycles. The number of fused-ring (bicyclic) bond motifs is 1. The minimum atomic E-state index is -0.145. The van der Waals surface area contributed by atoms with E-state index in [0.29, 0.717) is 0 Å². The summed E-state index contributed by atoms with van der Waals surface area (Å²) in [5.74, 6) is 1.02. The van der Waals surface area contributed by atoms with Crippen LogP contribution in [0.15, 0.2) is 18.2 Å². The molecule has 1 aliphatic rings. The molecule has 0 spiro atoms. The van der Waals surface area contributed by atoms with Crippen molar-refractivity contribution in [3.05, 3.63) is 29.3 Å². The van der Waals surface area contributed by atoms with E-state index < -0.39 is 0 Å². The number of ether oxygens (including phenoxy) is 1. The number of carbonyl (C=O) groups excluding carboxylic acids is 1. The van der Waals surface area contributed by atoms with Crippen LogP contribution in [-0.4, -0.2) is 11.4 Å². The van der Waals surface area contributed by atoms with Crippen LogP contribution in [0.25, 0.3) is 0 Å². The minimum absolute atomic E-state index is 0.0442. The van der Waals surface area contributed by atoms with E-state index in [2.05, 4.69) is 27.7 Å². The summed E-state index contributed by atoms with van der Waals surface area (Å²) < 4.78 is 5.98. The Kier molecular flexibility index (Phi) is 2.57. The van der Waals surface area contributed by atoms with Gasteiger partial charge in [0.2, 0.25) is 0 Å². The SMILES string of the molecule is CC(=O)c1ccc2c(c1)C(C)(C)CC(C)(C)O2. The summed E-state index contributed by atoms with van der Waals surface area (Å²) in [6.07, 6.45) is 0.953. The Morgan fingerprint density at radius 2 is 1.88 bits per heavy atom. The van der Waals surface area contributed by atoms with Crippen LogP contribution in [0.4, 0.5) is 0 Å². The Bertz CT molecular complexity index is 470. The highest BCUT2D eigenvalue weighted by atomic mass is 16.5. The largest absolute Gasteiger partial charge is 0.488 e. The second-order valence-corrected chi connectivity index (χ2v) is 6.19. The van der Waals surface area contributed by atoms with Gasteiger partial charge < -0.3 is 4.74 Å². The summed E-state index contributed by atoms with van der Waals surface area (Å²) in [6.45, 7) is 10.2. The van der Waals surface area contributed by atoms with E-state index in [4.69, 9.17) is 4.74 Å². The highest BCUT2D eigenvalue weighted by Gasteiger charge is 2.38. The quantitative estimate of drug-likeness (QED) is 0.690. The molecule has 0 unspecified atom stereocenters. The third kappa shape index (κ3) is 2.21.